The minimum Gasteiger partial charge on any atom is -0.477 e. The van der Waals surface area contributed by atoms with Crippen LogP contribution in [-0.4, -0.2) is 71.2 Å². The number of fused-ring (bicyclic) bond motifs is 1. The molecular weight excluding hydrogens is 456 g/mol. The predicted molar refractivity (Wildman–Crippen MR) is 116 cm³/mol. The molecule has 0 radical (unpaired) electrons. The highest BCUT2D eigenvalue weighted by Crippen LogP contribution is 2.41. The van der Waals surface area contributed by atoms with Crippen LogP contribution in [0.25, 0.3) is 0 Å². The second-order valence-corrected chi connectivity index (χ2v) is 9.26. The van der Waals surface area contributed by atoms with Crippen LogP contribution in [0.2, 0.25) is 0 Å². The maximum atomic E-state index is 12.8. The summed E-state index contributed by atoms with van der Waals surface area (Å²) in [7, 11) is 0. The molecule has 11 nitrogen and oxygen atoms in total. The van der Waals surface area contributed by atoms with Crippen molar-refractivity contribution in [2.24, 2.45) is 5.73 Å². The van der Waals surface area contributed by atoms with Crippen LogP contribution in [0.15, 0.2) is 46.8 Å². The maximum absolute atomic E-state index is 12.8. The molecule has 3 heterocycles. The highest BCUT2D eigenvalue weighted by Gasteiger charge is 2.54. The molecule has 2 aliphatic heterocycles. The number of aromatic amines is 1. The fourth-order valence-electron chi connectivity index (χ4n) is 3.44. The molecule has 1 unspecified atom stereocenters. The van der Waals surface area contributed by atoms with E-state index in [0.29, 0.717) is 33.2 Å². The number of hydrogen-bond donors (Lipinski definition) is 5. The van der Waals surface area contributed by atoms with Gasteiger partial charge in [-0.25, -0.2) is 4.79 Å². The molecule has 4 rings (SSSR count). The normalized spacial score (nSPS) is 21.1. The van der Waals surface area contributed by atoms with E-state index in [1.54, 1.807) is 24.3 Å². The fourth-order valence-corrected chi connectivity index (χ4v) is 5.71. The Hall–Kier alpha value is -2.87. The van der Waals surface area contributed by atoms with Gasteiger partial charge in [0.25, 0.3) is 5.91 Å². The molecule has 2 aromatic rings. The number of nitrogens with one attached hydrogen (secondary N) is 2. The number of aliphatic hydroxyl groups is 1. The van der Waals surface area contributed by atoms with Crippen LogP contribution in [0.3, 0.4) is 0 Å². The molecule has 1 aromatic heterocycles. The summed E-state index contributed by atoms with van der Waals surface area (Å²) in [6.07, 6.45) is 1.53. The Labute approximate surface area is 190 Å². The van der Waals surface area contributed by atoms with Crippen molar-refractivity contribution in [2.75, 3.05) is 11.5 Å². The molecule has 32 heavy (non-hydrogen) atoms. The van der Waals surface area contributed by atoms with Gasteiger partial charge in [0.2, 0.25) is 5.91 Å². The second kappa shape index (κ2) is 9.32. The largest absolute Gasteiger partial charge is 0.477 e. The van der Waals surface area contributed by atoms with Crippen molar-refractivity contribution in [3.8, 4) is 0 Å². The van der Waals surface area contributed by atoms with E-state index in [1.807, 2.05) is 0 Å². The molecule has 2 aliphatic rings. The number of aliphatic carboxylic acids is 1. The number of carboxylic acid groups (broad SMARTS) is 1. The van der Waals surface area contributed by atoms with Gasteiger partial charge in [-0.2, -0.15) is 0 Å². The number of nitrogens with zero attached hydrogens (tertiary/aromatic N) is 3. The van der Waals surface area contributed by atoms with Gasteiger partial charge in [-0.3, -0.25) is 19.6 Å². The smallest absolute Gasteiger partial charge is 0.352 e. The second-order valence-electron chi connectivity index (χ2n) is 7.14. The first-order valence-corrected chi connectivity index (χ1v) is 11.6. The molecule has 3 atom stereocenters. The predicted octanol–water partition coefficient (Wildman–Crippen LogP) is -0.172. The van der Waals surface area contributed by atoms with E-state index in [1.165, 1.54) is 34.6 Å². The Morgan fingerprint density at radius 2 is 2.12 bits per heavy atom. The molecule has 1 fully saturated rings. The Morgan fingerprint density at radius 1 is 1.38 bits per heavy atom. The van der Waals surface area contributed by atoms with E-state index in [2.05, 4.69) is 20.7 Å². The average Bonchev–Trinajstić information content (AvgIpc) is 3.33. The van der Waals surface area contributed by atoms with Crippen molar-refractivity contribution >= 4 is 41.3 Å². The zero-order valence-electron chi connectivity index (χ0n) is 16.6. The summed E-state index contributed by atoms with van der Waals surface area (Å²) in [5.74, 6) is -1.44. The van der Waals surface area contributed by atoms with Crippen LogP contribution in [0.4, 0.5) is 0 Å². The number of amides is 2. The number of β-lactam (4-membered cyclic amide) rings is 1. The minimum absolute atomic E-state index is 0.0480. The summed E-state index contributed by atoms with van der Waals surface area (Å²) in [6, 6.07) is 4.77. The fraction of sp³-hybridized carbons (Fsp3) is 0.316. The Bertz CT molecular complexity index is 1060. The minimum atomic E-state index is -1.19. The molecule has 1 aromatic carbocycles. The monoisotopic (exact) mass is 476 g/mol. The van der Waals surface area contributed by atoms with Crippen molar-refractivity contribution in [2.45, 2.75) is 29.1 Å². The summed E-state index contributed by atoms with van der Waals surface area (Å²) in [6.45, 7) is -0.119. The average molecular weight is 477 g/mol. The number of nitrogens with two attached hydrogens (primary N) is 1. The number of benzene rings is 1. The Balaban J connectivity index is 1.44. The van der Waals surface area contributed by atoms with Gasteiger partial charge >= 0.3 is 5.97 Å². The van der Waals surface area contributed by atoms with E-state index >= 15 is 0 Å². The van der Waals surface area contributed by atoms with Gasteiger partial charge in [0, 0.05) is 11.5 Å². The summed E-state index contributed by atoms with van der Waals surface area (Å²) in [4.78, 5) is 38.5. The first-order valence-electron chi connectivity index (χ1n) is 9.55. The van der Waals surface area contributed by atoms with Crippen LogP contribution in [0.1, 0.15) is 17.2 Å². The number of thioether (sulfide) groups is 2. The van der Waals surface area contributed by atoms with Gasteiger partial charge < -0.3 is 21.3 Å². The molecule has 0 spiro atoms. The van der Waals surface area contributed by atoms with Gasteiger partial charge in [0.15, 0.2) is 0 Å². The van der Waals surface area contributed by atoms with Gasteiger partial charge in [-0.15, -0.1) is 28.6 Å². The zero-order valence-corrected chi connectivity index (χ0v) is 18.2. The number of aliphatic hydroxyl groups excluding tert-OH is 1. The van der Waals surface area contributed by atoms with Crippen molar-refractivity contribution in [1.29, 1.82) is 0 Å². The number of aromatic nitrogens is 3. The van der Waals surface area contributed by atoms with Gasteiger partial charge in [0.05, 0.1) is 12.8 Å². The van der Waals surface area contributed by atoms with Crippen molar-refractivity contribution in [3.05, 3.63) is 52.9 Å². The van der Waals surface area contributed by atoms with Gasteiger partial charge in [-0.1, -0.05) is 29.5 Å². The first kappa shape index (κ1) is 22.3. The summed E-state index contributed by atoms with van der Waals surface area (Å²) < 4.78 is 0. The van der Waals surface area contributed by atoms with Crippen LogP contribution >= 0.6 is 23.5 Å². The Kier molecular flexibility index (Phi) is 6.50. The quantitative estimate of drug-likeness (QED) is 0.254. The SMILES string of the molecule is NC(C(=O)N[C@@H]1C(=O)N2C(C(=O)O)=C(CSc3cnn[nH]3)CS[C@@H]12)c1ccc(CO)cc1. The molecule has 13 heteroatoms. The van der Waals surface area contributed by atoms with Crippen LogP contribution in [0.5, 0.6) is 0 Å². The standard InChI is InChI=1S/C19H20N6O5S2/c20-13(10-3-1-9(6-26)2-4-10)16(27)22-14-17(28)25-15(19(29)30)11(8-32-18(14)25)7-31-12-5-21-24-23-12/h1-5,13-14,18,26H,6-8,20H2,(H,22,27)(H,29,30)(H,21,23,24)/t13?,14-,18+/m1/s1. The lowest BCUT2D eigenvalue weighted by molar-refractivity contribution is -0.150. The third-order valence-electron chi connectivity index (χ3n) is 5.15. The van der Waals surface area contributed by atoms with Gasteiger partial charge in [0.1, 0.15) is 28.2 Å². The highest BCUT2D eigenvalue weighted by molar-refractivity contribution is 8.01. The molecule has 0 bridgehead atoms. The number of hydrogen-bond acceptors (Lipinski definition) is 9. The molecule has 2 amide bonds. The van der Waals surface area contributed by atoms with Gasteiger partial charge in [-0.05, 0) is 16.7 Å². The number of carbonyl (C=O) groups is 3. The van der Waals surface area contributed by atoms with E-state index in [4.69, 9.17) is 10.8 Å². The lowest BCUT2D eigenvalue weighted by Crippen LogP contribution is -2.71. The third kappa shape index (κ3) is 4.24. The molecular formula is C19H20N6O5S2. The lowest BCUT2D eigenvalue weighted by atomic mass is 10.0. The molecule has 0 aliphatic carbocycles. The molecule has 1 saturated heterocycles. The highest BCUT2D eigenvalue weighted by atomic mass is 32.2. The van der Waals surface area contributed by atoms with Crippen LogP contribution in [0, 0.1) is 0 Å². The van der Waals surface area contributed by atoms with E-state index in [-0.39, 0.29) is 12.3 Å². The zero-order chi connectivity index (χ0) is 22.8. The van der Waals surface area contributed by atoms with Crippen LogP contribution < -0.4 is 11.1 Å². The number of carboxylic acids is 1. The first-order chi connectivity index (χ1) is 15.4. The Morgan fingerprint density at radius 3 is 2.75 bits per heavy atom. The van der Waals surface area contributed by atoms with E-state index in [0.717, 1.165) is 0 Å². The number of rotatable bonds is 8. The van der Waals surface area contributed by atoms with Crippen molar-refractivity contribution < 1.29 is 24.6 Å². The van der Waals surface area contributed by atoms with E-state index in [9.17, 15) is 19.5 Å². The summed E-state index contributed by atoms with van der Waals surface area (Å²) in [5.41, 5.74) is 7.82. The third-order valence-corrected chi connectivity index (χ3v) is 7.49. The van der Waals surface area contributed by atoms with E-state index < -0.39 is 35.2 Å². The number of carbonyl (C=O) groups excluding carboxylic acids is 2. The molecule has 6 N–H and O–H groups in total. The summed E-state index contributed by atoms with van der Waals surface area (Å²) >= 11 is 2.74. The number of H-pyrrole nitrogens is 1. The van der Waals surface area contributed by atoms with Crippen molar-refractivity contribution in [3.63, 3.8) is 0 Å². The van der Waals surface area contributed by atoms with Crippen molar-refractivity contribution in [1.82, 2.24) is 25.6 Å². The maximum Gasteiger partial charge on any atom is 0.352 e. The lowest BCUT2D eigenvalue weighted by Gasteiger charge is -2.49. The van der Waals surface area contributed by atoms with Crippen LogP contribution in [-0.2, 0) is 21.0 Å². The molecule has 168 valence electrons. The topological polar surface area (TPSA) is 175 Å². The molecule has 0 saturated carbocycles. The summed E-state index contributed by atoms with van der Waals surface area (Å²) in [5, 5.41) is 31.7.